The van der Waals surface area contributed by atoms with Crippen molar-refractivity contribution in [2.75, 3.05) is 0 Å². The first-order valence-corrected chi connectivity index (χ1v) is 5.69. The molecule has 6 heteroatoms. The highest BCUT2D eigenvalue weighted by molar-refractivity contribution is 5.92. The summed E-state index contributed by atoms with van der Waals surface area (Å²) >= 11 is 0. The number of amides is 1. The van der Waals surface area contributed by atoms with Gasteiger partial charge in [-0.3, -0.25) is 9.59 Å². The fourth-order valence-electron chi connectivity index (χ4n) is 1.59. The summed E-state index contributed by atoms with van der Waals surface area (Å²) in [5.74, 6) is -0.649. The Morgan fingerprint density at radius 3 is 2.44 bits per heavy atom. The highest BCUT2D eigenvalue weighted by atomic mass is 16.4. The highest BCUT2D eigenvalue weighted by Gasteiger charge is 2.25. The minimum absolute atomic E-state index is 0.00168. The van der Waals surface area contributed by atoms with Crippen molar-refractivity contribution in [1.29, 1.82) is 0 Å². The number of nitrogens with one attached hydrogen (secondary N) is 1. The molecule has 0 unspecified atom stereocenters. The summed E-state index contributed by atoms with van der Waals surface area (Å²) in [5, 5.41) is 11.4. The summed E-state index contributed by atoms with van der Waals surface area (Å²) in [6, 6.07) is 0. The van der Waals surface area contributed by atoms with E-state index in [0.717, 1.165) is 0 Å². The Labute approximate surface area is 105 Å². The first-order valence-electron chi connectivity index (χ1n) is 5.69. The molecule has 0 aliphatic carbocycles. The lowest BCUT2D eigenvalue weighted by Gasteiger charge is -2.25. The third-order valence-corrected chi connectivity index (χ3v) is 2.53. The van der Waals surface area contributed by atoms with Crippen LogP contribution in [0.2, 0.25) is 0 Å². The third-order valence-electron chi connectivity index (χ3n) is 2.53. The zero-order chi connectivity index (χ0) is 13.9. The molecule has 100 valence electrons. The molecule has 6 nitrogen and oxygen atoms in total. The van der Waals surface area contributed by atoms with Crippen LogP contribution in [0, 0.1) is 13.8 Å². The molecular weight excluding hydrogens is 236 g/mol. The predicted octanol–water partition coefficient (Wildman–Crippen LogP) is 1.66. The van der Waals surface area contributed by atoms with Crippen molar-refractivity contribution >= 4 is 11.9 Å². The molecule has 0 saturated carbocycles. The van der Waals surface area contributed by atoms with Gasteiger partial charge < -0.3 is 14.8 Å². The summed E-state index contributed by atoms with van der Waals surface area (Å²) in [6.45, 7) is 6.90. The van der Waals surface area contributed by atoms with Crippen LogP contribution < -0.4 is 5.32 Å². The summed E-state index contributed by atoms with van der Waals surface area (Å²) in [7, 11) is 0. The quantitative estimate of drug-likeness (QED) is 0.833. The Bertz CT molecular complexity index is 463. The molecule has 1 rings (SSSR count). The molecule has 0 aliphatic heterocycles. The smallest absolute Gasteiger partial charge is 0.303 e. The van der Waals surface area contributed by atoms with Crippen LogP contribution in [0.5, 0.6) is 0 Å². The van der Waals surface area contributed by atoms with E-state index in [4.69, 9.17) is 9.52 Å². The van der Waals surface area contributed by atoms with Crippen molar-refractivity contribution in [3.8, 4) is 0 Å². The van der Waals surface area contributed by atoms with E-state index in [1.54, 1.807) is 27.7 Å². The lowest BCUT2D eigenvalue weighted by molar-refractivity contribution is -0.137. The summed E-state index contributed by atoms with van der Waals surface area (Å²) in [6.07, 6.45) is 0.349. The van der Waals surface area contributed by atoms with Crippen LogP contribution >= 0.6 is 0 Å². The van der Waals surface area contributed by atoms with Gasteiger partial charge in [0.15, 0.2) is 5.89 Å². The molecule has 0 aliphatic rings. The van der Waals surface area contributed by atoms with Gasteiger partial charge in [0, 0.05) is 18.9 Å². The molecule has 1 aromatic heterocycles. The maximum absolute atomic E-state index is 11.9. The molecule has 18 heavy (non-hydrogen) atoms. The first kappa shape index (κ1) is 14.2. The first-order chi connectivity index (χ1) is 8.21. The van der Waals surface area contributed by atoms with E-state index in [9.17, 15) is 9.59 Å². The number of hydrogen-bond donors (Lipinski definition) is 2. The fourth-order valence-corrected chi connectivity index (χ4v) is 1.59. The van der Waals surface area contributed by atoms with Crippen LogP contribution in [0.4, 0.5) is 0 Å². The van der Waals surface area contributed by atoms with E-state index < -0.39 is 11.5 Å². The van der Waals surface area contributed by atoms with E-state index >= 15 is 0 Å². The number of oxazole rings is 1. The molecule has 0 atom stereocenters. The van der Waals surface area contributed by atoms with E-state index in [-0.39, 0.29) is 18.1 Å². The lowest BCUT2D eigenvalue weighted by Crippen LogP contribution is -2.43. The van der Waals surface area contributed by atoms with Crippen LogP contribution in [0.15, 0.2) is 4.42 Å². The molecule has 1 aromatic rings. The lowest BCUT2D eigenvalue weighted by atomic mass is 9.98. The zero-order valence-corrected chi connectivity index (χ0v) is 11.0. The van der Waals surface area contributed by atoms with E-state index in [2.05, 4.69) is 10.3 Å². The van der Waals surface area contributed by atoms with Crippen LogP contribution in [-0.4, -0.2) is 27.5 Å². The van der Waals surface area contributed by atoms with Gasteiger partial charge in [0.2, 0.25) is 5.76 Å². The van der Waals surface area contributed by atoms with E-state index in [1.807, 2.05) is 0 Å². The number of aromatic nitrogens is 1. The van der Waals surface area contributed by atoms with Gasteiger partial charge in [-0.15, -0.1) is 0 Å². The van der Waals surface area contributed by atoms with Crippen LogP contribution in [0.1, 0.15) is 48.8 Å². The largest absolute Gasteiger partial charge is 0.481 e. The average molecular weight is 254 g/mol. The van der Waals surface area contributed by atoms with Gasteiger partial charge in [-0.2, -0.15) is 0 Å². The molecular formula is C12H18N2O4. The topological polar surface area (TPSA) is 92.4 Å². The second-order valence-electron chi connectivity index (χ2n) is 4.88. The predicted molar refractivity (Wildman–Crippen MR) is 64.4 cm³/mol. The summed E-state index contributed by atoms with van der Waals surface area (Å²) < 4.78 is 5.21. The minimum atomic E-state index is -0.885. The van der Waals surface area contributed by atoms with Crippen molar-refractivity contribution in [2.45, 2.75) is 46.1 Å². The summed E-state index contributed by atoms with van der Waals surface area (Å²) in [4.78, 5) is 26.5. The molecule has 2 N–H and O–H groups in total. The molecule has 0 saturated heterocycles. The van der Waals surface area contributed by atoms with E-state index in [0.29, 0.717) is 18.0 Å². The van der Waals surface area contributed by atoms with Crippen molar-refractivity contribution in [3.63, 3.8) is 0 Å². The van der Waals surface area contributed by atoms with Crippen molar-refractivity contribution in [2.24, 2.45) is 0 Å². The zero-order valence-electron chi connectivity index (χ0n) is 11.0. The third kappa shape index (κ3) is 3.87. The van der Waals surface area contributed by atoms with Crippen molar-refractivity contribution in [3.05, 3.63) is 17.3 Å². The highest BCUT2D eigenvalue weighted by Crippen LogP contribution is 2.15. The maximum Gasteiger partial charge on any atom is 0.303 e. The Kier molecular flexibility index (Phi) is 4.11. The number of aryl methyl sites for hydroxylation is 2. The van der Waals surface area contributed by atoms with Gasteiger partial charge in [0.1, 0.15) is 0 Å². The molecule has 1 amide bonds. The molecule has 0 radical (unpaired) electrons. The number of carboxylic acid groups (broad SMARTS) is 1. The van der Waals surface area contributed by atoms with Gasteiger partial charge >= 0.3 is 5.97 Å². The number of rotatable bonds is 5. The number of carbonyl (C=O) groups is 2. The fraction of sp³-hybridized carbons (Fsp3) is 0.583. The van der Waals surface area contributed by atoms with E-state index in [1.165, 1.54) is 0 Å². The number of carboxylic acids is 1. The van der Waals surface area contributed by atoms with Gasteiger partial charge in [-0.05, 0) is 27.2 Å². The number of carbonyl (C=O) groups excluding carboxylic acids is 1. The van der Waals surface area contributed by atoms with Crippen LogP contribution in [-0.2, 0) is 4.79 Å². The second kappa shape index (κ2) is 5.20. The molecule has 0 aromatic carbocycles. The second-order valence-corrected chi connectivity index (χ2v) is 4.88. The molecule has 0 bridgehead atoms. The van der Waals surface area contributed by atoms with Gasteiger partial charge in [0.25, 0.3) is 5.91 Å². The minimum Gasteiger partial charge on any atom is -0.481 e. The standard InChI is InChI=1S/C12H18N2O4/c1-7-10(18-8(2)13-7)11(17)14-12(3,4)6-5-9(15)16/h5-6H2,1-4H3,(H,14,17)(H,15,16). The van der Waals surface area contributed by atoms with Crippen molar-refractivity contribution in [1.82, 2.24) is 10.3 Å². The summed E-state index contributed by atoms with van der Waals surface area (Å²) in [5.41, 5.74) is -0.0816. The number of nitrogens with zero attached hydrogens (tertiary/aromatic N) is 1. The Balaban J connectivity index is 2.69. The van der Waals surface area contributed by atoms with Gasteiger partial charge in [-0.25, -0.2) is 4.98 Å². The average Bonchev–Trinajstić information content (AvgIpc) is 2.54. The number of hydrogen-bond acceptors (Lipinski definition) is 4. The number of aliphatic carboxylic acids is 1. The molecule has 0 fully saturated rings. The van der Waals surface area contributed by atoms with Crippen molar-refractivity contribution < 1.29 is 19.1 Å². The Morgan fingerprint density at radius 1 is 1.39 bits per heavy atom. The van der Waals surface area contributed by atoms with Crippen LogP contribution in [0.3, 0.4) is 0 Å². The SMILES string of the molecule is Cc1nc(C)c(C(=O)NC(C)(C)CCC(=O)O)o1. The monoisotopic (exact) mass is 254 g/mol. The van der Waals surface area contributed by atoms with Gasteiger partial charge in [0.05, 0.1) is 5.69 Å². The maximum atomic E-state index is 11.9. The Morgan fingerprint density at radius 2 is 2.00 bits per heavy atom. The van der Waals surface area contributed by atoms with Gasteiger partial charge in [-0.1, -0.05) is 0 Å². The van der Waals surface area contributed by atoms with Crippen LogP contribution in [0.25, 0.3) is 0 Å². The Hall–Kier alpha value is -1.85. The normalized spacial score (nSPS) is 11.3. The molecule has 1 heterocycles. The molecule has 0 spiro atoms.